The van der Waals surface area contributed by atoms with Crippen molar-refractivity contribution in [1.82, 2.24) is 9.78 Å². The molecular weight excluding hydrogens is 242 g/mol. The van der Waals surface area contributed by atoms with Gasteiger partial charge in [0, 0.05) is 7.05 Å². The second kappa shape index (κ2) is 3.71. The number of aromatic nitrogens is 2. The molecule has 0 spiro atoms. The molecule has 0 aliphatic carbocycles. The zero-order valence-electron chi connectivity index (χ0n) is 6.11. The van der Waals surface area contributed by atoms with Crippen molar-refractivity contribution < 1.29 is 4.79 Å². The fourth-order valence-corrected chi connectivity index (χ4v) is 1.11. The van der Waals surface area contributed by atoms with Crippen LogP contribution in [0.5, 0.6) is 0 Å². The van der Waals surface area contributed by atoms with Crippen molar-refractivity contribution in [2.24, 2.45) is 12.0 Å². The van der Waals surface area contributed by atoms with Crippen LogP contribution in [0, 0.1) is 0 Å². The Bertz CT molecular complexity index is 367. The predicted molar refractivity (Wildman–Crippen MR) is 50.3 cm³/mol. The molecule has 0 atom stereocenters. The van der Waals surface area contributed by atoms with Crippen molar-refractivity contribution in [2.75, 3.05) is 0 Å². The summed E-state index contributed by atoms with van der Waals surface area (Å²) in [5, 5.41) is 5.85. The highest BCUT2D eigenvalue weighted by Crippen LogP contribution is 2.15. The number of rotatable bonds is 1. The Morgan fingerprint density at radius 2 is 2.58 bits per heavy atom. The summed E-state index contributed by atoms with van der Waals surface area (Å²) in [5.74, 6) is -0.440. The van der Waals surface area contributed by atoms with E-state index in [0.29, 0.717) is 10.2 Å². The van der Waals surface area contributed by atoms with Crippen LogP contribution in [0.3, 0.4) is 0 Å². The predicted octanol–water partition coefficient (Wildman–Crippen LogP) is 1.43. The van der Waals surface area contributed by atoms with E-state index in [1.54, 1.807) is 7.05 Å². The van der Waals surface area contributed by atoms with Gasteiger partial charge < -0.3 is 0 Å². The van der Waals surface area contributed by atoms with Crippen LogP contribution in [0.4, 0.5) is 0 Å². The summed E-state index contributed by atoms with van der Waals surface area (Å²) in [6, 6.07) is 0. The standard InChI is InChI=1S/C6H4BrN3OS/c1-10-5(7)4(2-9-10)6(11)8-3-12/h2H,1H3. The zero-order valence-corrected chi connectivity index (χ0v) is 8.52. The molecule has 0 unspecified atom stereocenters. The molecule has 0 aliphatic heterocycles. The molecule has 0 aromatic carbocycles. The van der Waals surface area contributed by atoms with Crippen molar-refractivity contribution in [3.63, 3.8) is 0 Å². The second-order valence-electron chi connectivity index (χ2n) is 1.98. The fraction of sp³-hybridized carbons (Fsp3) is 0.167. The number of carbonyl (C=O) groups excluding carboxylic acids is 1. The van der Waals surface area contributed by atoms with Crippen LogP contribution in [0.2, 0.25) is 0 Å². The van der Waals surface area contributed by atoms with Crippen molar-refractivity contribution in [1.29, 1.82) is 0 Å². The molecule has 6 heteroatoms. The van der Waals surface area contributed by atoms with Crippen molar-refractivity contribution >= 4 is 39.2 Å². The van der Waals surface area contributed by atoms with E-state index in [1.165, 1.54) is 10.9 Å². The first-order valence-corrected chi connectivity index (χ1v) is 4.16. The van der Waals surface area contributed by atoms with Gasteiger partial charge in [-0.25, -0.2) is 0 Å². The van der Waals surface area contributed by atoms with Crippen LogP contribution in [-0.2, 0) is 7.05 Å². The lowest BCUT2D eigenvalue weighted by Gasteiger charge is -1.91. The Labute approximate surface area is 82.4 Å². The lowest BCUT2D eigenvalue weighted by molar-refractivity contribution is 0.100. The molecule has 0 radical (unpaired) electrons. The quantitative estimate of drug-likeness (QED) is 0.556. The normalized spacial score (nSPS) is 9.17. The van der Waals surface area contributed by atoms with Gasteiger partial charge in [-0.05, 0) is 28.1 Å². The maximum atomic E-state index is 11.1. The van der Waals surface area contributed by atoms with Gasteiger partial charge in [0.15, 0.2) is 0 Å². The van der Waals surface area contributed by atoms with Crippen LogP contribution in [-0.4, -0.2) is 20.8 Å². The highest BCUT2D eigenvalue weighted by Gasteiger charge is 2.12. The molecule has 0 fully saturated rings. The fourth-order valence-electron chi connectivity index (χ4n) is 0.668. The van der Waals surface area contributed by atoms with Crippen LogP contribution >= 0.6 is 28.1 Å². The summed E-state index contributed by atoms with van der Waals surface area (Å²) in [5.41, 5.74) is 0.384. The lowest BCUT2D eigenvalue weighted by Crippen LogP contribution is -1.95. The average molecular weight is 246 g/mol. The minimum absolute atomic E-state index is 0.384. The summed E-state index contributed by atoms with van der Waals surface area (Å²) in [4.78, 5) is 14.4. The summed E-state index contributed by atoms with van der Waals surface area (Å²) >= 11 is 7.48. The van der Waals surface area contributed by atoms with E-state index < -0.39 is 5.91 Å². The van der Waals surface area contributed by atoms with Gasteiger partial charge in [-0.1, -0.05) is 0 Å². The maximum Gasteiger partial charge on any atom is 0.290 e. The molecule has 1 rings (SSSR count). The minimum atomic E-state index is -0.440. The molecule has 1 amide bonds. The Balaban J connectivity index is 3.11. The van der Waals surface area contributed by atoms with Crippen LogP contribution in [0.25, 0.3) is 0 Å². The van der Waals surface area contributed by atoms with E-state index in [2.05, 4.69) is 38.2 Å². The smallest absolute Gasteiger partial charge is 0.266 e. The summed E-state index contributed by atoms with van der Waals surface area (Å²) in [6.07, 6.45) is 1.42. The van der Waals surface area contributed by atoms with Crippen LogP contribution in [0.15, 0.2) is 15.8 Å². The molecule has 12 heavy (non-hydrogen) atoms. The molecular formula is C6H4BrN3OS. The van der Waals surface area contributed by atoms with E-state index in [4.69, 9.17) is 0 Å². The van der Waals surface area contributed by atoms with Gasteiger partial charge in [-0.15, -0.1) is 0 Å². The van der Waals surface area contributed by atoms with Gasteiger partial charge in [0.25, 0.3) is 5.91 Å². The first-order valence-electron chi connectivity index (χ1n) is 2.96. The molecule has 0 saturated heterocycles. The molecule has 1 heterocycles. The number of isothiocyanates is 1. The number of thiocarbonyl (C=S) groups is 1. The van der Waals surface area contributed by atoms with Gasteiger partial charge in [0.2, 0.25) is 0 Å². The second-order valence-corrected chi connectivity index (χ2v) is 2.91. The van der Waals surface area contributed by atoms with Crippen molar-refractivity contribution in [3.05, 3.63) is 16.4 Å². The first-order chi connectivity index (χ1) is 5.66. The molecule has 62 valence electrons. The van der Waals surface area contributed by atoms with Gasteiger partial charge >= 0.3 is 0 Å². The van der Waals surface area contributed by atoms with E-state index in [-0.39, 0.29) is 0 Å². The Hall–Kier alpha value is -0.840. The third kappa shape index (κ3) is 1.66. The Morgan fingerprint density at radius 1 is 1.92 bits per heavy atom. The lowest BCUT2D eigenvalue weighted by atomic mass is 10.3. The Morgan fingerprint density at radius 3 is 3.00 bits per heavy atom. The molecule has 1 aromatic heterocycles. The zero-order chi connectivity index (χ0) is 9.14. The number of carbonyl (C=O) groups is 1. The highest BCUT2D eigenvalue weighted by molar-refractivity contribution is 9.10. The number of amides is 1. The molecule has 0 bridgehead atoms. The van der Waals surface area contributed by atoms with E-state index >= 15 is 0 Å². The van der Waals surface area contributed by atoms with Crippen LogP contribution in [0.1, 0.15) is 10.4 Å². The molecule has 0 saturated carbocycles. The average Bonchev–Trinajstić information content (AvgIpc) is 2.34. The maximum absolute atomic E-state index is 11.1. The summed E-state index contributed by atoms with van der Waals surface area (Å²) in [6.45, 7) is 0. The number of nitrogens with zero attached hydrogens (tertiary/aromatic N) is 3. The van der Waals surface area contributed by atoms with E-state index in [1.807, 2.05) is 5.16 Å². The topological polar surface area (TPSA) is 47.2 Å². The third-order valence-electron chi connectivity index (χ3n) is 1.24. The summed E-state index contributed by atoms with van der Waals surface area (Å²) < 4.78 is 2.10. The molecule has 4 nitrogen and oxygen atoms in total. The molecule has 0 aliphatic rings. The number of aliphatic imine (C=N–C) groups is 1. The third-order valence-corrected chi connectivity index (χ3v) is 2.28. The monoisotopic (exact) mass is 245 g/mol. The highest BCUT2D eigenvalue weighted by atomic mass is 79.9. The van der Waals surface area contributed by atoms with Gasteiger partial charge in [-0.3, -0.25) is 9.48 Å². The number of hydrogen-bond acceptors (Lipinski definition) is 3. The first kappa shape index (κ1) is 9.25. The number of halogens is 1. The largest absolute Gasteiger partial charge is 0.290 e. The SMILES string of the molecule is Cn1ncc(C(=O)N=C=S)c1Br. The Kier molecular flexibility index (Phi) is 2.86. The van der Waals surface area contributed by atoms with Gasteiger partial charge in [0.05, 0.1) is 16.9 Å². The van der Waals surface area contributed by atoms with Gasteiger partial charge in [0.1, 0.15) is 4.60 Å². The van der Waals surface area contributed by atoms with Crippen molar-refractivity contribution in [3.8, 4) is 0 Å². The molecule has 1 aromatic rings. The molecule has 0 N–H and O–H groups in total. The minimum Gasteiger partial charge on any atom is -0.266 e. The van der Waals surface area contributed by atoms with Crippen molar-refractivity contribution in [2.45, 2.75) is 0 Å². The van der Waals surface area contributed by atoms with Gasteiger partial charge in [-0.2, -0.15) is 10.1 Å². The number of aryl methyl sites for hydroxylation is 1. The van der Waals surface area contributed by atoms with Crippen LogP contribution < -0.4 is 0 Å². The summed E-state index contributed by atoms with van der Waals surface area (Å²) in [7, 11) is 1.71. The van der Waals surface area contributed by atoms with E-state index in [9.17, 15) is 4.79 Å². The number of hydrogen-bond donors (Lipinski definition) is 0. The van der Waals surface area contributed by atoms with E-state index in [0.717, 1.165) is 0 Å².